The van der Waals surface area contributed by atoms with Crippen molar-refractivity contribution in [2.24, 2.45) is 5.73 Å². The van der Waals surface area contributed by atoms with Gasteiger partial charge in [0.05, 0.1) is 6.61 Å². The van der Waals surface area contributed by atoms with E-state index in [-0.39, 0.29) is 0 Å². The zero-order valence-corrected chi connectivity index (χ0v) is 9.64. The van der Waals surface area contributed by atoms with E-state index in [4.69, 9.17) is 10.5 Å². The normalized spacial score (nSPS) is 11.1. The standard InChI is InChI=1S/C12H15NOS/c1-2-14-8-11-6-9-4-3-5-10(7-13)12(9)15-11/h3-6H,2,7-8,13H2,1H3. The van der Waals surface area contributed by atoms with E-state index in [1.54, 1.807) is 11.3 Å². The van der Waals surface area contributed by atoms with Crippen molar-refractivity contribution < 1.29 is 4.74 Å². The SMILES string of the molecule is CCOCc1cc2cccc(CN)c2s1. The van der Waals surface area contributed by atoms with E-state index in [0.29, 0.717) is 13.2 Å². The minimum Gasteiger partial charge on any atom is -0.376 e. The second-order valence-corrected chi connectivity index (χ2v) is 4.53. The quantitative estimate of drug-likeness (QED) is 0.861. The molecule has 2 rings (SSSR count). The molecule has 0 radical (unpaired) electrons. The van der Waals surface area contributed by atoms with Gasteiger partial charge >= 0.3 is 0 Å². The molecule has 0 unspecified atom stereocenters. The molecular formula is C12H15NOS. The smallest absolute Gasteiger partial charge is 0.0809 e. The second kappa shape index (κ2) is 4.75. The first kappa shape index (κ1) is 10.6. The fourth-order valence-electron chi connectivity index (χ4n) is 1.61. The zero-order chi connectivity index (χ0) is 10.7. The topological polar surface area (TPSA) is 35.2 Å². The molecule has 2 nitrogen and oxygen atoms in total. The Morgan fingerprint density at radius 2 is 2.27 bits per heavy atom. The van der Waals surface area contributed by atoms with Crippen LogP contribution < -0.4 is 5.73 Å². The summed E-state index contributed by atoms with van der Waals surface area (Å²) in [6.07, 6.45) is 0. The van der Waals surface area contributed by atoms with Gasteiger partial charge in [0, 0.05) is 22.7 Å². The average molecular weight is 221 g/mol. The number of hydrogen-bond acceptors (Lipinski definition) is 3. The minimum absolute atomic E-state index is 0.603. The summed E-state index contributed by atoms with van der Waals surface area (Å²) in [4.78, 5) is 1.27. The molecule has 1 aromatic carbocycles. The van der Waals surface area contributed by atoms with Gasteiger partial charge in [-0.25, -0.2) is 0 Å². The summed E-state index contributed by atoms with van der Waals surface area (Å²) in [5, 5.41) is 1.28. The lowest BCUT2D eigenvalue weighted by Gasteiger charge is -1.97. The molecule has 2 aromatic rings. The predicted molar refractivity (Wildman–Crippen MR) is 65.0 cm³/mol. The van der Waals surface area contributed by atoms with Gasteiger partial charge in [0.2, 0.25) is 0 Å². The number of hydrogen-bond donors (Lipinski definition) is 1. The number of ether oxygens (including phenoxy) is 1. The Morgan fingerprint density at radius 1 is 1.40 bits per heavy atom. The summed E-state index contributed by atoms with van der Waals surface area (Å²) < 4.78 is 6.70. The number of rotatable bonds is 4. The van der Waals surface area contributed by atoms with Crippen LogP contribution in [0.4, 0.5) is 0 Å². The molecule has 80 valence electrons. The van der Waals surface area contributed by atoms with E-state index < -0.39 is 0 Å². The van der Waals surface area contributed by atoms with E-state index in [2.05, 4.69) is 24.3 Å². The van der Waals surface area contributed by atoms with Crippen LogP contribution >= 0.6 is 11.3 Å². The van der Waals surface area contributed by atoms with Gasteiger partial charge in [-0.2, -0.15) is 0 Å². The molecule has 1 aromatic heterocycles. The summed E-state index contributed by atoms with van der Waals surface area (Å²) in [5.74, 6) is 0. The van der Waals surface area contributed by atoms with Gasteiger partial charge in [-0.1, -0.05) is 18.2 Å². The molecule has 3 heteroatoms. The molecule has 0 saturated carbocycles. The maximum atomic E-state index is 5.70. The molecule has 0 fully saturated rings. The Bertz CT molecular complexity index is 450. The van der Waals surface area contributed by atoms with Gasteiger partial charge in [0.15, 0.2) is 0 Å². The van der Waals surface area contributed by atoms with Crippen LogP contribution in [0.15, 0.2) is 24.3 Å². The van der Waals surface area contributed by atoms with Gasteiger partial charge in [0.1, 0.15) is 0 Å². The first-order chi connectivity index (χ1) is 7.35. The van der Waals surface area contributed by atoms with Crippen LogP contribution in [0.1, 0.15) is 17.4 Å². The van der Waals surface area contributed by atoms with Crippen LogP contribution in [0.3, 0.4) is 0 Å². The van der Waals surface area contributed by atoms with E-state index in [1.165, 1.54) is 20.5 Å². The van der Waals surface area contributed by atoms with Crippen molar-refractivity contribution >= 4 is 21.4 Å². The van der Waals surface area contributed by atoms with Gasteiger partial charge < -0.3 is 10.5 Å². The lowest BCUT2D eigenvalue weighted by molar-refractivity contribution is 0.136. The lowest BCUT2D eigenvalue weighted by Crippen LogP contribution is -1.95. The highest BCUT2D eigenvalue weighted by Crippen LogP contribution is 2.29. The van der Waals surface area contributed by atoms with Crippen molar-refractivity contribution in [2.75, 3.05) is 6.61 Å². The monoisotopic (exact) mass is 221 g/mol. The van der Waals surface area contributed by atoms with Gasteiger partial charge in [-0.15, -0.1) is 11.3 Å². The summed E-state index contributed by atoms with van der Waals surface area (Å²) in [6, 6.07) is 8.46. The summed E-state index contributed by atoms with van der Waals surface area (Å²) in [5.41, 5.74) is 6.92. The minimum atomic E-state index is 0.603. The molecule has 0 aliphatic carbocycles. The molecule has 0 amide bonds. The van der Waals surface area contributed by atoms with Crippen LogP contribution in [-0.4, -0.2) is 6.61 Å². The Balaban J connectivity index is 2.37. The van der Waals surface area contributed by atoms with Gasteiger partial charge in [-0.05, 0) is 23.9 Å². The Morgan fingerprint density at radius 3 is 3.00 bits per heavy atom. The second-order valence-electron chi connectivity index (χ2n) is 3.39. The highest BCUT2D eigenvalue weighted by atomic mass is 32.1. The van der Waals surface area contributed by atoms with Crippen molar-refractivity contribution in [1.82, 2.24) is 0 Å². The van der Waals surface area contributed by atoms with Crippen molar-refractivity contribution in [3.8, 4) is 0 Å². The van der Waals surface area contributed by atoms with E-state index in [9.17, 15) is 0 Å². The molecule has 0 spiro atoms. The Labute approximate surface area is 93.7 Å². The van der Waals surface area contributed by atoms with Crippen molar-refractivity contribution in [2.45, 2.75) is 20.1 Å². The lowest BCUT2D eigenvalue weighted by atomic mass is 10.1. The first-order valence-electron chi connectivity index (χ1n) is 5.13. The Hall–Kier alpha value is -0.900. The van der Waals surface area contributed by atoms with Crippen LogP contribution in [0, 0.1) is 0 Å². The third-order valence-electron chi connectivity index (χ3n) is 2.35. The molecule has 0 atom stereocenters. The molecule has 0 aliphatic heterocycles. The third kappa shape index (κ3) is 2.20. The summed E-state index contributed by atoms with van der Waals surface area (Å²) >= 11 is 1.78. The molecule has 2 N–H and O–H groups in total. The number of thiophene rings is 1. The molecule has 0 aliphatic rings. The number of benzene rings is 1. The van der Waals surface area contributed by atoms with Crippen LogP contribution in [0.2, 0.25) is 0 Å². The van der Waals surface area contributed by atoms with Gasteiger partial charge in [0.25, 0.3) is 0 Å². The predicted octanol–water partition coefficient (Wildman–Crippen LogP) is 2.90. The van der Waals surface area contributed by atoms with E-state index >= 15 is 0 Å². The average Bonchev–Trinajstić information content (AvgIpc) is 2.68. The number of fused-ring (bicyclic) bond motifs is 1. The summed E-state index contributed by atoms with van der Waals surface area (Å²) in [6.45, 7) is 4.09. The fraction of sp³-hybridized carbons (Fsp3) is 0.333. The largest absolute Gasteiger partial charge is 0.376 e. The van der Waals surface area contributed by atoms with Crippen LogP contribution in [-0.2, 0) is 17.9 Å². The van der Waals surface area contributed by atoms with E-state index in [1.807, 2.05) is 6.92 Å². The zero-order valence-electron chi connectivity index (χ0n) is 8.82. The molecule has 0 saturated heterocycles. The van der Waals surface area contributed by atoms with Crippen LogP contribution in [0.25, 0.3) is 10.1 Å². The highest BCUT2D eigenvalue weighted by Gasteiger charge is 2.04. The van der Waals surface area contributed by atoms with Gasteiger partial charge in [-0.3, -0.25) is 0 Å². The van der Waals surface area contributed by atoms with Crippen molar-refractivity contribution in [1.29, 1.82) is 0 Å². The van der Waals surface area contributed by atoms with E-state index in [0.717, 1.165) is 6.61 Å². The highest BCUT2D eigenvalue weighted by molar-refractivity contribution is 7.19. The molecule has 1 heterocycles. The summed E-state index contributed by atoms with van der Waals surface area (Å²) in [7, 11) is 0. The van der Waals surface area contributed by atoms with Crippen LogP contribution in [0.5, 0.6) is 0 Å². The third-order valence-corrected chi connectivity index (χ3v) is 3.54. The van der Waals surface area contributed by atoms with Crippen molar-refractivity contribution in [3.05, 3.63) is 34.7 Å². The first-order valence-corrected chi connectivity index (χ1v) is 5.95. The molecule has 15 heavy (non-hydrogen) atoms. The molecule has 0 bridgehead atoms. The fourth-order valence-corrected chi connectivity index (χ4v) is 2.73. The van der Waals surface area contributed by atoms with Crippen molar-refractivity contribution in [3.63, 3.8) is 0 Å². The number of nitrogens with two attached hydrogens (primary N) is 1. The maximum Gasteiger partial charge on any atom is 0.0809 e. The molecular weight excluding hydrogens is 206 g/mol. The Kier molecular flexibility index (Phi) is 3.36. The maximum absolute atomic E-state index is 5.70.